The largest absolute Gasteiger partial charge is 0.465 e. The Kier molecular flexibility index (Phi) is 3.55. The summed E-state index contributed by atoms with van der Waals surface area (Å²) in [5.74, 6) is -1.39. The van der Waals surface area contributed by atoms with Gasteiger partial charge in [-0.25, -0.2) is 13.6 Å². The molecule has 102 valence electrons. The average Bonchev–Trinajstić information content (AvgIpc) is 2.71. The van der Waals surface area contributed by atoms with Gasteiger partial charge in [0.2, 0.25) is 0 Å². The summed E-state index contributed by atoms with van der Waals surface area (Å²) in [5, 5.41) is 9.30. The summed E-state index contributed by atoms with van der Waals surface area (Å²) in [6, 6.07) is 2.33. The predicted molar refractivity (Wildman–Crippen MR) is 66.8 cm³/mol. The van der Waals surface area contributed by atoms with E-state index in [1.165, 1.54) is 17.0 Å². The van der Waals surface area contributed by atoms with E-state index in [-0.39, 0.29) is 6.04 Å². The van der Waals surface area contributed by atoms with Gasteiger partial charge < -0.3 is 5.11 Å². The van der Waals surface area contributed by atoms with Gasteiger partial charge in [0, 0.05) is 6.07 Å². The van der Waals surface area contributed by atoms with Crippen molar-refractivity contribution in [3.8, 4) is 0 Å². The Bertz CT molecular complexity index is 510. The number of hydrogen-bond donors (Lipinski definition) is 1. The van der Waals surface area contributed by atoms with Crippen LogP contribution in [0, 0.1) is 11.6 Å². The topological polar surface area (TPSA) is 40.5 Å². The van der Waals surface area contributed by atoms with Crippen molar-refractivity contribution in [2.45, 2.75) is 31.8 Å². The maximum atomic E-state index is 13.2. The fourth-order valence-electron chi connectivity index (χ4n) is 2.66. The molecular weight excluding hydrogens is 252 g/mol. The van der Waals surface area contributed by atoms with E-state index in [1.807, 2.05) is 0 Å². The van der Waals surface area contributed by atoms with Crippen LogP contribution in [-0.4, -0.2) is 22.1 Å². The summed E-state index contributed by atoms with van der Waals surface area (Å²) in [4.78, 5) is 12.6. The summed E-state index contributed by atoms with van der Waals surface area (Å²) in [7, 11) is 0. The molecule has 0 spiro atoms. The zero-order valence-corrected chi connectivity index (χ0v) is 10.6. The molecule has 1 N–H and O–H groups in total. The molecule has 0 aliphatic carbocycles. The molecule has 0 saturated carbocycles. The molecule has 1 saturated heterocycles. The molecule has 0 aromatic heterocycles. The van der Waals surface area contributed by atoms with Gasteiger partial charge in [-0.1, -0.05) is 12.2 Å². The number of likely N-dealkylation sites (tertiary alicyclic amines) is 1. The molecule has 3 nitrogen and oxygen atoms in total. The van der Waals surface area contributed by atoms with Crippen molar-refractivity contribution in [1.82, 2.24) is 4.90 Å². The molecule has 1 aliphatic heterocycles. The quantitative estimate of drug-likeness (QED) is 0.829. The van der Waals surface area contributed by atoms with Gasteiger partial charge in [0.25, 0.3) is 0 Å². The lowest BCUT2D eigenvalue weighted by molar-refractivity contribution is 0.128. The van der Waals surface area contributed by atoms with Crippen molar-refractivity contribution in [3.63, 3.8) is 0 Å². The standard InChI is InChI=1S/C14H15F2NO2/c1-8(2)12-3-4-13(17(12)14(18)19)9-5-10(15)7-11(16)6-9/h5-7,12-13H,1,3-4H2,2H3,(H,18,19)/t12-,13+/m1/s1. The Morgan fingerprint density at radius 2 is 1.89 bits per heavy atom. The van der Waals surface area contributed by atoms with Crippen molar-refractivity contribution in [1.29, 1.82) is 0 Å². The second kappa shape index (κ2) is 4.99. The first kappa shape index (κ1) is 13.5. The van der Waals surface area contributed by atoms with E-state index in [2.05, 4.69) is 6.58 Å². The highest BCUT2D eigenvalue weighted by atomic mass is 19.1. The maximum Gasteiger partial charge on any atom is 0.408 e. The van der Waals surface area contributed by atoms with E-state index in [1.54, 1.807) is 6.92 Å². The molecule has 0 unspecified atom stereocenters. The predicted octanol–water partition coefficient (Wildman–Crippen LogP) is 3.72. The lowest BCUT2D eigenvalue weighted by atomic mass is 10.0. The van der Waals surface area contributed by atoms with Crippen LogP contribution in [0.15, 0.2) is 30.4 Å². The van der Waals surface area contributed by atoms with Gasteiger partial charge in [-0.3, -0.25) is 4.90 Å². The molecule has 1 aliphatic rings. The van der Waals surface area contributed by atoms with Gasteiger partial charge in [-0.15, -0.1) is 0 Å². The van der Waals surface area contributed by atoms with E-state index >= 15 is 0 Å². The van der Waals surface area contributed by atoms with E-state index < -0.39 is 23.8 Å². The third kappa shape index (κ3) is 2.59. The number of hydrogen-bond acceptors (Lipinski definition) is 1. The maximum absolute atomic E-state index is 13.2. The van der Waals surface area contributed by atoms with Crippen LogP contribution in [0.25, 0.3) is 0 Å². The Hall–Kier alpha value is -1.91. The van der Waals surface area contributed by atoms with Gasteiger partial charge in [0.1, 0.15) is 11.6 Å². The van der Waals surface area contributed by atoms with E-state index in [9.17, 15) is 18.7 Å². The van der Waals surface area contributed by atoms with Crippen LogP contribution < -0.4 is 0 Å². The van der Waals surface area contributed by atoms with Crippen molar-refractivity contribution >= 4 is 6.09 Å². The number of amides is 1. The number of rotatable bonds is 2. The number of carbonyl (C=O) groups is 1. The van der Waals surface area contributed by atoms with Crippen LogP contribution in [0.5, 0.6) is 0 Å². The Morgan fingerprint density at radius 3 is 2.37 bits per heavy atom. The average molecular weight is 267 g/mol. The van der Waals surface area contributed by atoms with Crippen LogP contribution in [0.3, 0.4) is 0 Å². The van der Waals surface area contributed by atoms with Gasteiger partial charge in [-0.2, -0.15) is 0 Å². The molecule has 19 heavy (non-hydrogen) atoms. The first-order valence-corrected chi connectivity index (χ1v) is 6.03. The van der Waals surface area contributed by atoms with Crippen LogP contribution in [0.2, 0.25) is 0 Å². The van der Waals surface area contributed by atoms with Gasteiger partial charge in [-0.05, 0) is 37.5 Å². The lowest BCUT2D eigenvalue weighted by Crippen LogP contribution is -2.36. The normalized spacial score (nSPS) is 22.6. The molecule has 1 heterocycles. The number of carboxylic acid groups (broad SMARTS) is 1. The molecule has 2 rings (SSSR count). The zero-order chi connectivity index (χ0) is 14.2. The molecule has 1 aromatic carbocycles. The molecule has 5 heteroatoms. The van der Waals surface area contributed by atoms with E-state index in [0.29, 0.717) is 18.4 Å². The van der Waals surface area contributed by atoms with Crippen LogP contribution in [0.1, 0.15) is 31.4 Å². The Morgan fingerprint density at radius 1 is 1.32 bits per heavy atom. The summed E-state index contributed by atoms with van der Waals surface area (Å²) in [6.45, 7) is 5.54. The van der Waals surface area contributed by atoms with Gasteiger partial charge in [0.05, 0.1) is 12.1 Å². The number of benzene rings is 1. The van der Waals surface area contributed by atoms with Crippen LogP contribution in [0.4, 0.5) is 13.6 Å². The second-order valence-corrected chi connectivity index (χ2v) is 4.85. The Balaban J connectivity index is 2.38. The Labute approximate surface area is 110 Å². The minimum Gasteiger partial charge on any atom is -0.465 e. The fourth-order valence-corrected chi connectivity index (χ4v) is 2.66. The smallest absolute Gasteiger partial charge is 0.408 e. The summed E-state index contributed by atoms with van der Waals surface area (Å²) >= 11 is 0. The van der Waals surface area contributed by atoms with Crippen molar-refractivity contribution in [2.75, 3.05) is 0 Å². The summed E-state index contributed by atoms with van der Waals surface area (Å²) in [5.41, 5.74) is 1.09. The minimum absolute atomic E-state index is 0.297. The monoisotopic (exact) mass is 267 g/mol. The van der Waals surface area contributed by atoms with Gasteiger partial charge in [0.15, 0.2) is 0 Å². The third-order valence-corrected chi connectivity index (χ3v) is 3.44. The molecule has 2 atom stereocenters. The lowest BCUT2D eigenvalue weighted by Gasteiger charge is -2.28. The first-order valence-electron chi connectivity index (χ1n) is 6.03. The highest BCUT2D eigenvalue weighted by Crippen LogP contribution is 2.38. The second-order valence-electron chi connectivity index (χ2n) is 4.85. The highest BCUT2D eigenvalue weighted by molar-refractivity contribution is 5.67. The summed E-state index contributed by atoms with van der Waals surface area (Å²) in [6.07, 6.45) is 0.0529. The molecule has 1 amide bonds. The molecule has 0 radical (unpaired) electrons. The van der Waals surface area contributed by atoms with Crippen molar-refractivity contribution in [2.24, 2.45) is 0 Å². The molecule has 1 aromatic rings. The number of halogens is 2. The fraction of sp³-hybridized carbons (Fsp3) is 0.357. The van der Waals surface area contributed by atoms with E-state index in [0.717, 1.165) is 11.6 Å². The van der Waals surface area contributed by atoms with E-state index in [4.69, 9.17) is 0 Å². The first-order chi connectivity index (χ1) is 8.90. The minimum atomic E-state index is -1.10. The number of nitrogens with zero attached hydrogens (tertiary/aromatic N) is 1. The molecule has 0 bridgehead atoms. The van der Waals surface area contributed by atoms with Crippen LogP contribution in [-0.2, 0) is 0 Å². The van der Waals surface area contributed by atoms with Gasteiger partial charge >= 0.3 is 6.09 Å². The van der Waals surface area contributed by atoms with Crippen LogP contribution >= 0.6 is 0 Å². The van der Waals surface area contributed by atoms with Crippen molar-refractivity contribution in [3.05, 3.63) is 47.5 Å². The highest BCUT2D eigenvalue weighted by Gasteiger charge is 2.38. The van der Waals surface area contributed by atoms with Crippen molar-refractivity contribution < 1.29 is 18.7 Å². The SMILES string of the molecule is C=C(C)[C@H]1CC[C@@H](c2cc(F)cc(F)c2)N1C(=O)O. The summed E-state index contributed by atoms with van der Waals surface area (Å²) < 4.78 is 26.5. The third-order valence-electron chi connectivity index (χ3n) is 3.44. The zero-order valence-electron chi connectivity index (χ0n) is 10.6. The molecular formula is C14H15F2NO2. The molecule has 1 fully saturated rings.